The highest BCUT2D eigenvalue weighted by atomic mass is 32.2. The Balaban J connectivity index is 1.72. The molecule has 118 valence electrons. The third-order valence-electron chi connectivity index (χ3n) is 3.63. The van der Waals surface area contributed by atoms with Crippen molar-refractivity contribution in [2.75, 3.05) is 5.75 Å². The first-order valence-electron chi connectivity index (χ1n) is 7.50. The Labute approximate surface area is 137 Å². The number of pyridine rings is 1. The van der Waals surface area contributed by atoms with E-state index in [1.165, 1.54) is 16.0 Å². The molecular formula is C18H18N2O2S. The molecule has 5 heteroatoms. The van der Waals surface area contributed by atoms with Gasteiger partial charge in [0.25, 0.3) is 5.56 Å². The van der Waals surface area contributed by atoms with Crippen LogP contribution in [0.5, 0.6) is 0 Å². The first-order chi connectivity index (χ1) is 11.1. The van der Waals surface area contributed by atoms with Crippen LogP contribution in [0.1, 0.15) is 16.8 Å². The van der Waals surface area contributed by atoms with Gasteiger partial charge in [0.05, 0.1) is 11.4 Å². The molecule has 0 saturated heterocycles. The fraction of sp³-hybridized carbons (Fsp3) is 0.222. The van der Waals surface area contributed by atoms with Gasteiger partial charge in [-0.25, -0.2) is 4.98 Å². The summed E-state index contributed by atoms with van der Waals surface area (Å²) in [6.07, 6.45) is 2.53. The number of aromatic nitrogens is 2. The molecule has 3 aromatic rings. The molecule has 3 rings (SSSR count). The summed E-state index contributed by atoms with van der Waals surface area (Å²) in [5, 5.41) is 0. The van der Waals surface area contributed by atoms with Crippen molar-refractivity contribution in [1.29, 1.82) is 0 Å². The van der Waals surface area contributed by atoms with Gasteiger partial charge in [-0.05, 0) is 30.5 Å². The van der Waals surface area contributed by atoms with E-state index in [9.17, 15) is 9.00 Å². The Hall–Kier alpha value is -2.27. The van der Waals surface area contributed by atoms with Crippen LogP contribution < -0.4 is 5.56 Å². The number of benzene rings is 1. The molecule has 0 bridgehead atoms. The van der Waals surface area contributed by atoms with Gasteiger partial charge in [-0.3, -0.25) is 13.4 Å². The second kappa shape index (κ2) is 6.87. The zero-order valence-electron chi connectivity index (χ0n) is 12.9. The van der Waals surface area contributed by atoms with Crippen LogP contribution in [0.3, 0.4) is 0 Å². The topological polar surface area (TPSA) is 51.4 Å². The molecule has 0 saturated carbocycles. The number of aryl methyl sites for hydroxylation is 2. The highest BCUT2D eigenvalue weighted by molar-refractivity contribution is 7.84. The first kappa shape index (κ1) is 15.6. The molecule has 0 amide bonds. The van der Waals surface area contributed by atoms with E-state index in [4.69, 9.17) is 0 Å². The predicted molar refractivity (Wildman–Crippen MR) is 93.1 cm³/mol. The van der Waals surface area contributed by atoms with Gasteiger partial charge in [-0.2, -0.15) is 0 Å². The fourth-order valence-electron chi connectivity index (χ4n) is 2.45. The van der Waals surface area contributed by atoms with Crippen molar-refractivity contribution in [1.82, 2.24) is 9.38 Å². The minimum absolute atomic E-state index is 0.131. The second-order valence-electron chi connectivity index (χ2n) is 5.54. The normalized spacial score (nSPS) is 12.4. The van der Waals surface area contributed by atoms with Gasteiger partial charge >= 0.3 is 0 Å². The molecule has 2 heterocycles. The number of fused-ring (bicyclic) bond motifs is 1. The van der Waals surface area contributed by atoms with Crippen LogP contribution in [0.2, 0.25) is 0 Å². The lowest BCUT2D eigenvalue weighted by atomic mass is 10.2. The summed E-state index contributed by atoms with van der Waals surface area (Å²) in [4.78, 5) is 16.6. The largest absolute Gasteiger partial charge is 0.269 e. The Morgan fingerprint density at radius 1 is 1.13 bits per heavy atom. The lowest BCUT2D eigenvalue weighted by Gasteiger charge is -2.05. The van der Waals surface area contributed by atoms with E-state index in [1.54, 1.807) is 6.20 Å². The molecule has 0 aliphatic heterocycles. The minimum atomic E-state index is -1.04. The van der Waals surface area contributed by atoms with Crippen LogP contribution >= 0.6 is 0 Å². The molecule has 0 aliphatic carbocycles. The van der Waals surface area contributed by atoms with Gasteiger partial charge in [0.1, 0.15) is 5.65 Å². The monoisotopic (exact) mass is 326 g/mol. The number of nitrogens with zero attached hydrogens (tertiary/aromatic N) is 2. The Morgan fingerprint density at radius 2 is 1.91 bits per heavy atom. The molecule has 0 aliphatic rings. The van der Waals surface area contributed by atoms with Crippen LogP contribution in [0, 0.1) is 6.92 Å². The smallest absolute Gasteiger partial charge is 0.258 e. The molecule has 0 fully saturated rings. The maximum absolute atomic E-state index is 12.2. The summed E-state index contributed by atoms with van der Waals surface area (Å²) >= 11 is 0. The molecule has 1 atom stereocenters. The van der Waals surface area contributed by atoms with Crippen LogP contribution in [0.15, 0.2) is 59.5 Å². The Bertz CT molecular complexity index is 904. The standard InChI is InChI=1S/C18H18N2O2S/c1-14-7-8-17-19-16(11-18(21)20(17)12-14)13-23(22)10-9-15-5-3-2-4-6-15/h2-8,11-12H,9-10,13H2,1H3/t23-/m1/s1. The van der Waals surface area contributed by atoms with Crippen molar-refractivity contribution >= 4 is 16.4 Å². The number of hydrogen-bond donors (Lipinski definition) is 0. The Morgan fingerprint density at radius 3 is 2.70 bits per heavy atom. The van der Waals surface area contributed by atoms with Crippen molar-refractivity contribution in [2.45, 2.75) is 19.1 Å². The van der Waals surface area contributed by atoms with E-state index >= 15 is 0 Å². The molecule has 0 spiro atoms. The van der Waals surface area contributed by atoms with E-state index in [0.29, 0.717) is 22.8 Å². The van der Waals surface area contributed by atoms with E-state index in [2.05, 4.69) is 4.98 Å². The van der Waals surface area contributed by atoms with Crippen molar-refractivity contribution in [2.24, 2.45) is 0 Å². The highest BCUT2D eigenvalue weighted by Gasteiger charge is 2.07. The molecule has 2 aromatic heterocycles. The van der Waals surface area contributed by atoms with Gasteiger partial charge in [0.2, 0.25) is 0 Å². The SMILES string of the molecule is Cc1ccc2nc(C[S@](=O)CCc3ccccc3)cc(=O)n2c1. The lowest BCUT2D eigenvalue weighted by molar-refractivity contribution is 0.681. The van der Waals surface area contributed by atoms with Crippen LogP contribution in [-0.4, -0.2) is 19.3 Å². The van der Waals surface area contributed by atoms with E-state index in [1.807, 2.05) is 49.4 Å². The van der Waals surface area contributed by atoms with Crippen LogP contribution in [-0.2, 0) is 23.0 Å². The number of hydrogen-bond acceptors (Lipinski definition) is 3. The summed E-state index contributed by atoms with van der Waals surface area (Å²) < 4.78 is 13.8. The maximum Gasteiger partial charge on any atom is 0.258 e. The average molecular weight is 326 g/mol. The summed E-state index contributed by atoms with van der Waals surface area (Å²) in [6, 6.07) is 15.2. The minimum Gasteiger partial charge on any atom is -0.269 e. The Kier molecular flexibility index (Phi) is 4.67. The van der Waals surface area contributed by atoms with E-state index < -0.39 is 10.8 Å². The molecule has 0 unspecified atom stereocenters. The summed E-state index contributed by atoms with van der Waals surface area (Å²) in [5.74, 6) is 0.880. The van der Waals surface area contributed by atoms with Crippen LogP contribution in [0.25, 0.3) is 5.65 Å². The van der Waals surface area contributed by atoms with Gasteiger partial charge in [-0.15, -0.1) is 0 Å². The maximum atomic E-state index is 12.2. The number of rotatable bonds is 5. The quantitative estimate of drug-likeness (QED) is 0.724. The van der Waals surface area contributed by atoms with Gasteiger partial charge in [-0.1, -0.05) is 36.4 Å². The van der Waals surface area contributed by atoms with Crippen LogP contribution in [0.4, 0.5) is 0 Å². The summed E-state index contributed by atoms with van der Waals surface area (Å²) in [7, 11) is -1.04. The molecule has 0 N–H and O–H groups in total. The van der Waals surface area contributed by atoms with Crippen molar-refractivity contribution in [3.63, 3.8) is 0 Å². The third-order valence-corrected chi connectivity index (χ3v) is 4.91. The van der Waals surface area contributed by atoms with Crippen molar-refractivity contribution in [3.8, 4) is 0 Å². The zero-order valence-corrected chi connectivity index (χ0v) is 13.8. The van der Waals surface area contributed by atoms with E-state index in [-0.39, 0.29) is 5.56 Å². The summed E-state index contributed by atoms with van der Waals surface area (Å²) in [6.45, 7) is 1.93. The zero-order chi connectivity index (χ0) is 16.2. The fourth-order valence-corrected chi connectivity index (χ4v) is 3.53. The van der Waals surface area contributed by atoms with Crippen molar-refractivity contribution in [3.05, 3.63) is 81.9 Å². The molecule has 1 aromatic carbocycles. The van der Waals surface area contributed by atoms with E-state index in [0.717, 1.165) is 12.0 Å². The van der Waals surface area contributed by atoms with Gasteiger partial charge in [0, 0.05) is 28.8 Å². The molecule has 23 heavy (non-hydrogen) atoms. The lowest BCUT2D eigenvalue weighted by Crippen LogP contribution is -2.17. The predicted octanol–water partition coefficient (Wildman–Crippen LogP) is 2.49. The molecule has 4 nitrogen and oxygen atoms in total. The average Bonchev–Trinajstić information content (AvgIpc) is 2.55. The van der Waals surface area contributed by atoms with Crippen molar-refractivity contribution < 1.29 is 4.21 Å². The summed E-state index contributed by atoms with van der Waals surface area (Å²) in [5.41, 5.74) is 3.22. The van der Waals surface area contributed by atoms with Gasteiger partial charge < -0.3 is 0 Å². The highest BCUT2D eigenvalue weighted by Crippen LogP contribution is 2.06. The second-order valence-corrected chi connectivity index (χ2v) is 7.12. The van der Waals surface area contributed by atoms with Gasteiger partial charge in [0.15, 0.2) is 0 Å². The third kappa shape index (κ3) is 3.93. The molecule has 0 radical (unpaired) electrons. The first-order valence-corrected chi connectivity index (χ1v) is 8.98. The molecular weight excluding hydrogens is 308 g/mol.